The van der Waals surface area contributed by atoms with Crippen LogP contribution in [0.15, 0.2) is 24.3 Å². The molecule has 1 aliphatic rings. The maximum atomic E-state index is 14.6. The van der Waals surface area contributed by atoms with E-state index >= 15 is 0 Å². The van der Waals surface area contributed by atoms with Gasteiger partial charge in [-0.25, -0.2) is 8.78 Å². The molecule has 0 radical (unpaired) electrons. The van der Waals surface area contributed by atoms with Crippen molar-refractivity contribution in [1.29, 1.82) is 0 Å². The van der Waals surface area contributed by atoms with Gasteiger partial charge in [-0.1, -0.05) is 17.7 Å². The van der Waals surface area contributed by atoms with Gasteiger partial charge in [0.2, 0.25) is 0 Å². The third-order valence-electron chi connectivity index (χ3n) is 3.97. The van der Waals surface area contributed by atoms with Crippen LogP contribution in [0.3, 0.4) is 0 Å². The van der Waals surface area contributed by atoms with Crippen molar-refractivity contribution in [3.63, 3.8) is 0 Å². The third kappa shape index (κ3) is 3.04. The SMILES string of the molecule is Cc1ccc(F)c([C@@H](c2ccc(Cl)s2)N2CCNCC2)c1F. The molecule has 2 aromatic rings. The Morgan fingerprint density at radius 1 is 1.18 bits per heavy atom. The van der Waals surface area contributed by atoms with Gasteiger partial charge in [-0.3, -0.25) is 4.90 Å². The smallest absolute Gasteiger partial charge is 0.134 e. The van der Waals surface area contributed by atoms with E-state index in [1.54, 1.807) is 13.0 Å². The lowest BCUT2D eigenvalue weighted by Gasteiger charge is -2.35. The van der Waals surface area contributed by atoms with Gasteiger partial charge in [0.1, 0.15) is 11.6 Å². The van der Waals surface area contributed by atoms with Gasteiger partial charge in [0, 0.05) is 36.6 Å². The van der Waals surface area contributed by atoms with Crippen LogP contribution in [0, 0.1) is 18.6 Å². The van der Waals surface area contributed by atoms with Crippen molar-refractivity contribution in [2.45, 2.75) is 13.0 Å². The summed E-state index contributed by atoms with van der Waals surface area (Å²) in [4.78, 5) is 2.98. The van der Waals surface area contributed by atoms with Crippen molar-refractivity contribution in [1.82, 2.24) is 10.2 Å². The Kier molecular flexibility index (Phi) is 4.78. The number of aryl methyl sites for hydroxylation is 1. The Bertz CT molecular complexity index is 668. The highest BCUT2D eigenvalue weighted by Gasteiger charge is 2.30. The first-order chi connectivity index (χ1) is 10.6. The molecule has 3 rings (SSSR count). The van der Waals surface area contributed by atoms with Gasteiger partial charge in [-0.15, -0.1) is 11.3 Å². The predicted octanol–water partition coefficient (Wildman–Crippen LogP) is 3.98. The number of thiophene rings is 1. The van der Waals surface area contributed by atoms with E-state index < -0.39 is 17.7 Å². The first kappa shape index (κ1) is 15.9. The largest absolute Gasteiger partial charge is 0.314 e. The summed E-state index contributed by atoms with van der Waals surface area (Å²) < 4.78 is 29.7. The van der Waals surface area contributed by atoms with E-state index in [0.29, 0.717) is 9.90 Å². The molecule has 118 valence electrons. The molecular weight excluding hydrogens is 326 g/mol. The zero-order valence-corrected chi connectivity index (χ0v) is 13.8. The maximum Gasteiger partial charge on any atom is 0.134 e. The molecule has 0 bridgehead atoms. The Morgan fingerprint density at radius 3 is 2.55 bits per heavy atom. The molecule has 1 aromatic heterocycles. The number of hydrogen-bond donors (Lipinski definition) is 1. The van der Waals surface area contributed by atoms with Gasteiger partial charge >= 0.3 is 0 Å². The molecular formula is C16H17ClF2N2S. The second-order valence-electron chi connectivity index (χ2n) is 5.42. The van der Waals surface area contributed by atoms with Crippen LogP contribution in [0.2, 0.25) is 4.34 Å². The molecule has 2 nitrogen and oxygen atoms in total. The fraction of sp³-hybridized carbons (Fsp3) is 0.375. The van der Waals surface area contributed by atoms with E-state index in [-0.39, 0.29) is 5.56 Å². The highest BCUT2D eigenvalue weighted by molar-refractivity contribution is 7.16. The third-order valence-corrected chi connectivity index (χ3v) is 5.26. The minimum absolute atomic E-state index is 0.125. The van der Waals surface area contributed by atoms with Gasteiger partial charge < -0.3 is 5.32 Å². The minimum atomic E-state index is -0.504. The second-order valence-corrected chi connectivity index (χ2v) is 7.17. The molecule has 0 unspecified atom stereocenters. The van der Waals surface area contributed by atoms with Gasteiger partial charge in [0.15, 0.2) is 0 Å². The van der Waals surface area contributed by atoms with Crippen molar-refractivity contribution in [2.24, 2.45) is 0 Å². The summed E-state index contributed by atoms with van der Waals surface area (Å²) in [5.74, 6) is -0.968. The van der Waals surface area contributed by atoms with Crippen molar-refractivity contribution in [3.05, 3.63) is 56.2 Å². The molecule has 2 heterocycles. The molecule has 6 heteroatoms. The maximum absolute atomic E-state index is 14.6. The molecule has 1 atom stereocenters. The van der Waals surface area contributed by atoms with Crippen LogP contribution in [0.25, 0.3) is 0 Å². The Hall–Kier alpha value is -1.01. The van der Waals surface area contributed by atoms with Crippen molar-refractivity contribution < 1.29 is 8.78 Å². The van der Waals surface area contributed by atoms with E-state index in [2.05, 4.69) is 10.2 Å². The molecule has 22 heavy (non-hydrogen) atoms. The van der Waals surface area contributed by atoms with Crippen molar-refractivity contribution in [2.75, 3.05) is 26.2 Å². The lowest BCUT2D eigenvalue weighted by atomic mass is 9.99. The zero-order valence-electron chi connectivity index (χ0n) is 12.2. The standard InChI is InChI=1S/C16H17ClF2N2S/c1-10-2-3-11(18)14(15(10)19)16(12-4-5-13(17)22-12)21-8-6-20-7-9-21/h2-5,16,20H,6-9H2,1H3/t16-/m1/s1. The molecule has 0 spiro atoms. The summed E-state index contributed by atoms with van der Waals surface area (Å²) in [5, 5.41) is 3.27. The molecule has 1 aliphatic heterocycles. The number of piperazine rings is 1. The topological polar surface area (TPSA) is 15.3 Å². The molecule has 1 aromatic carbocycles. The summed E-state index contributed by atoms with van der Waals surface area (Å²) in [6, 6.07) is 6.03. The highest BCUT2D eigenvalue weighted by Crippen LogP contribution is 2.38. The van der Waals surface area contributed by atoms with Crippen molar-refractivity contribution >= 4 is 22.9 Å². The molecule has 0 aliphatic carbocycles. The monoisotopic (exact) mass is 342 g/mol. The van der Waals surface area contributed by atoms with Gasteiger partial charge in [0.25, 0.3) is 0 Å². The fourth-order valence-corrected chi connectivity index (χ4v) is 4.06. The predicted molar refractivity (Wildman–Crippen MR) is 86.7 cm³/mol. The van der Waals surface area contributed by atoms with Crippen LogP contribution in [0.5, 0.6) is 0 Å². The van der Waals surface area contributed by atoms with Crippen LogP contribution in [0.4, 0.5) is 8.78 Å². The summed E-state index contributed by atoms with van der Waals surface area (Å²) in [5.41, 5.74) is 0.583. The van der Waals surface area contributed by atoms with E-state index in [9.17, 15) is 8.78 Å². The quantitative estimate of drug-likeness (QED) is 0.907. The van der Waals surface area contributed by atoms with E-state index in [1.165, 1.54) is 23.5 Å². The second kappa shape index (κ2) is 6.62. The lowest BCUT2D eigenvalue weighted by molar-refractivity contribution is 0.194. The molecule has 0 saturated carbocycles. The average molecular weight is 343 g/mol. The van der Waals surface area contributed by atoms with E-state index in [0.717, 1.165) is 31.1 Å². The zero-order chi connectivity index (χ0) is 15.7. The van der Waals surface area contributed by atoms with Crippen LogP contribution in [-0.2, 0) is 0 Å². The van der Waals surface area contributed by atoms with Crippen LogP contribution < -0.4 is 5.32 Å². The van der Waals surface area contributed by atoms with Gasteiger partial charge in [-0.2, -0.15) is 0 Å². The summed E-state index contributed by atoms with van der Waals surface area (Å²) >= 11 is 7.42. The molecule has 1 fully saturated rings. The summed E-state index contributed by atoms with van der Waals surface area (Å²) in [6.45, 7) is 4.77. The Morgan fingerprint density at radius 2 is 1.91 bits per heavy atom. The van der Waals surface area contributed by atoms with E-state index in [1.807, 2.05) is 6.07 Å². The summed E-state index contributed by atoms with van der Waals surface area (Å²) in [7, 11) is 0. The number of hydrogen-bond acceptors (Lipinski definition) is 3. The summed E-state index contributed by atoms with van der Waals surface area (Å²) in [6.07, 6.45) is 0. The molecule has 1 N–H and O–H groups in total. The van der Waals surface area contributed by atoms with Gasteiger partial charge in [0.05, 0.1) is 10.4 Å². The highest BCUT2D eigenvalue weighted by atomic mass is 35.5. The lowest BCUT2D eigenvalue weighted by Crippen LogP contribution is -2.45. The first-order valence-corrected chi connectivity index (χ1v) is 8.42. The Balaban J connectivity index is 2.11. The normalized spacial score (nSPS) is 17.6. The number of halogens is 3. The minimum Gasteiger partial charge on any atom is -0.314 e. The Labute approximate surface area is 137 Å². The molecule has 1 saturated heterocycles. The number of benzene rings is 1. The van der Waals surface area contributed by atoms with E-state index in [4.69, 9.17) is 11.6 Å². The van der Waals surface area contributed by atoms with Crippen molar-refractivity contribution in [3.8, 4) is 0 Å². The average Bonchev–Trinajstić information content (AvgIpc) is 2.94. The number of rotatable bonds is 3. The molecule has 0 amide bonds. The first-order valence-electron chi connectivity index (χ1n) is 7.22. The number of nitrogens with zero attached hydrogens (tertiary/aromatic N) is 1. The van der Waals surface area contributed by atoms with Gasteiger partial charge in [-0.05, 0) is 30.7 Å². The van der Waals surface area contributed by atoms with Crippen LogP contribution in [0.1, 0.15) is 22.0 Å². The fourth-order valence-electron chi connectivity index (χ4n) is 2.85. The van der Waals surface area contributed by atoms with Crippen LogP contribution >= 0.6 is 22.9 Å². The van der Waals surface area contributed by atoms with Crippen LogP contribution in [-0.4, -0.2) is 31.1 Å². The number of nitrogens with one attached hydrogen (secondary N) is 1.